The lowest BCUT2D eigenvalue weighted by atomic mass is 10.5. The summed E-state index contributed by atoms with van der Waals surface area (Å²) in [7, 11) is 0. The molecule has 0 fully saturated rings. The second-order valence-electron chi connectivity index (χ2n) is 1.45. The molecule has 0 aromatic carbocycles. The molecule has 1 heterocycles. The minimum absolute atomic E-state index is 0.552. The van der Waals surface area contributed by atoms with Crippen molar-refractivity contribution in [3.8, 4) is 0 Å². The normalized spacial score (nSPS) is 11.3. The maximum atomic E-state index is 5.59. The van der Waals surface area contributed by atoms with Gasteiger partial charge in [0.2, 0.25) is 0 Å². The lowest BCUT2D eigenvalue weighted by molar-refractivity contribution is 0.959. The zero-order valence-electron chi connectivity index (χ0n) is 4.51. The van der Waals surface area contributed by atoms with Crippen LogP contribution in [0.25, 0.3) is 0 Å². The van der Waals surface area contributed by atoms with Gasteiger partial charge in [-0.2, -0.15) is 5.10 Å². The Morgan fingerprint density at radius 1 is 1.89 bits per heavy atom. The Morgan fingerprint density at radius 2 is 2.67 bits per heavy atom. The first kappa shape index (κ1) is 7.76. The summed E-state index contributed by atoms with van der Waals surface area (Å²) in [5, 5.41) is 4.04. The predicted octanol–water partition coefficient (Wildman–Crippen LogP) is 2.41. The Hall–Kier alpha value is 0.660. The molecule has 0 radical (unpaired) electrons. The lowest BCUT2D eigenvalue weighted by Gasteiger charge is -1.96. The average Bonchev–Trinajstić information content (AvgIpc) is 2.33. The molecule has 0 saturated heterocycles. The molecule has 0 aliphatic heterocycles. The van der Waals surface area contributed by atoms with E-state index in [4.69, 9.17) is 11.6 Å². The van der Waals surface area contributed by atoms with Gasteiger partial charge in [0.05, 0.1) is 17.9 Å². The number of hydrogen-bond donors (Lipinski definition) is 0. The number of rotatable bonds is 2. The molecule has 2 nitrogen and oxygen atoms in total. The summed E-state index contributed by atoms with van der Waals surface area (Å²) in [6, 6.07) is 1.93. The molecule has 5 heteroatoms. The summed E-state index contributed by atoms with van der Waals surface area (Å²) in [6.45, 7) is 0. The molecule has 1 aromatic rings. The van der Waals surface area contributed by atoms with Crippen LogP contribution >= 0.6 is 40.0 Å². The van der Waals surface area contributed by atoms with Crippen molar-refractivity contribution in [1.82, 2.24) is 9.55 Å². The fraction of sp³-hybridized carbons (Fsp3) is 0.250. The standard InChI is InChI=1S/C4H5ClIN2P/c5-3-4-1-2-7-8(4)9-6/h1-2,9H,3H2. The molecule has 1 aromatic heterocycles. The van der Waals surface area contributed by atoms with E-state index >= 15 is 0 Å². The average molecular weight is 274 g/mol. The summed E-state index contributed by atoms with van der Waals surface area (Å²) in [6.07, 6.45) is 2.42. The van der Waals surface area contributed by atoms with Crippen LogP contribution in [0.1, 0.15) is 5.69 Å². The molecule has 0 saturated carbocycles. The van der Waals surface area contributed by atoms with E-state index in [9.17, 15) is 0 Å². The first-order valence-corrected chi connectivity index (χ1v) is 6.93. The Labute approximate surface area is 73.3 Å². The maximum absolute atomic E-state index is 5.59. The minimum atomic E-state index is 0.552. The van der Waals surface area contributed by atoms with E-state index in [0.29, 0.717) is 12.3 Å². The van der Waals surface area contributed by atoms with Crippen LogP contribution in [0.2, 0.25) is 0 Å². The van der Waals surface area contributed by atoms with Gasteiger partial charge in [-0.3, -0.25) is 0 Å². The van der Waals surface area contributed by atoms with Crippen LogP contribution in [0.3, 0.4) is 0 Å². The van der Waals surface area contributed by atoms with E-state index in [-0.39, 0.29) is 0 Å². The number of aromatic nitrogens is 2. The molecule has 0 bridgehead atoms. The van der Waals surface area contributed by atoms with Gasteiger partial charge in [-0.25, -0.2) is 4.45 Å². The second kappa shape index (κ2) is 3.74. The zero-order chi connectivity index (χ0) is 6.69. The van der Waals surface area contributed by atoms with Gasteiger partial charge in [-0.1, -0.05) is 0 Å². The highest BCUT2D eigenvalue weighted by Gasteiger charge is 1.96. The van der Waals surface area contributed by atoms with Crippen molar-refractivity contribution in [2.24, 2.45) is 0 Å². The lowest BCUT2D eigenvalue weighted by Crippen LogP contribution is -1.87. The topological polar surface area (TPSA) is 17.8 Å². The van der Waals surface area contributed by atoms with E-state index in [0.717, 1.165) is 5.69 Å². The first-order chi connectivity index (χ1) is 4.38. The maximum Gasteiger partial charge on any atom is 0.0681 e. The van der Waals surface area contributed by atoms with Crippen LogP contribution in [0.5, 0.6) is 0 Å². The van der Waals surface area contributed by atoms with Crippen molar-refractivity contribution in [2.45, 2.75) is 5.88 Å². The summed E-state index contributed by atoms with van der Waals surface area (Å²) >= 11 is 7.86. The fourth-order valence-corrected chi connectivity index (χ4v) is 2.49. The van der Waals surface area contributed by atoms with Gasteiger partial charge in [0.25, 0.3) is 0 Å². The molecule has 50 valence electrons. The largest absolute Gasteiger partial charge is 0.241 e. The molecule has 1 rings (SSSR count). The van der Waals surface area contributed by atoms with E-state index in [1.807, 2.05) is 10.5 Å². The highest BCUT2D eigenvalue weighted by molar-refractivity contribution is 14.2. The molecule has 0 aliphatic carbocycles. The molecule has 0 aliphatic rings. The van der Waals surface area contributed by atoms with Gasteiger partial charge in [-0.05, 0) is 28.1 Å². The third kappa shape index (κ3) is 1.79. The Morgan fingerprint density at radius 3 is 3.11 bits per heavy atom. The fourth-order valence-electron chi connectivity index (χ4n) is 0.508. The minimum Gasteiger partial charge on any atom is -0.241 e. The Bertz CT molecular complexity index is 172. The highest BCUT2D eigenvalue weighted by atomic mass is 127. The van der Waals surface area contributed by atoms with Crippen LogP contribution < -0.4 is 0 Å². The van der Waals surface area contributed by atoms with Gasteiger partial charge >= 0.3 is 0 Å². The van der Waals surface area contributed by atoms with Crippen molar-refractivity contribution < 1.29 is 0 Å². The molecule has 9 heavy (non-hydrogen) atoms. The third-order valence-corrected chi connectivity index (χ3v) is 3.15. The van der Waals surface area contributed by atoms with Crippen LogP contribution in [0, 0.1) is 0 Å². The van der Waals surface area contributed by atoms with Crippen LogP contribution in [-0.4, -0.2) is 9.55 Å². The van der Waals surface area contributed by atoms with Gasteiger partial charge in [0.15, 0.2) is 0 Å². The second-order valence-corrected chi connectivity index (χ2v) is 3.76. The van der Waals surface area contributed by atoms with Crippen LogP contribution in [-0.2, 0) is 5.88 Å². The van der Waals surface area contributed by atoms with Gasteiger partial charge in [0, 0.05) is 6.20 Å². The van der Waals surface area contributed by atoms with Crippen molar-refractivity contribution in [3.05, 3.63) is 18.0 Å². The van der Waals surface area contributed by atoms with Crippen LogP contribution in [0.4, 0.5) is 0 Å². The number of halogens is 2. The van der Waals surface area contributed by atoms with E-state index in [1.165, 1.54) is 0 Å². The monoisotopic (exact) mass is 274 g/mol. The van der Waals surface area contributed by atoms with Crippen molar-refractivity contribution in [2.75, 3.05) is 0 Å². The number of alkyl halides is 1. The van der Waals surface area contributed by atoms with Crippen LogP contribution in [0.15, 0.2) is 12.3 Å². The predicted molar refractivity (Wildman–Crippen MR) is 49.5 cm³/mol. The Kier molecular flexibility index (Phi) is 3.22. The zero-order valence-corrected chi connectivity index (χ0v) is 8.43. The summed E-state index contributed by atoms with van der Waals surface area (Å²) in [5.74, 6) is 0.552. The third-order valence-electron chi connectivity index (χ3n) is 0.938. The van der Waals surface area contributed by atoms with E-state index < -0.39 is 0 Å². The molecule has 1 unspecified atom stereocenters. The highest BCUT2D eigenvalue weighted by Crippen LogP contribution is 2.24. The van der Waals surface area contributed by atoms with E-state index in [1.54, 1.807) is 6.20 Å². The molecular formula is C4H5ClIN2P. The first-order valence-electron chi connectivity index (χ1n) is 2.34. The van der Waals surface area contributed by atoms with Gasteiger partial charge < -0.3 is 0 Å². The number of nitrogens with zero attached hydrogens (tertiary/aromatic N) is 2. The summed E-state index contributed by atoms with van der Waals surface area (Å²) in [4.78, 5) is 0. The molecule has 1 atom stereocenters. The molecular weight excluding hydrogens is 269 g/mol. The molecule has 0 spiro atoms. The van der Waals surface area contributed by atoms with Gasteiger partial charge in [0.1, 0.15) is 0 Å². The quantitative estimate of drug-likeness (QED) is 0.460. The smallest absolute Gasteiger partial charge is 0.0681 e. The summed E-state index contributed by atoms with van der Waals surface area (Å²) < 4.78 is 1.90. The molecule has 0 N–H and O–H groups in total. The molecule has 0 amide bonds. The van der Waals surface area contributed by atoms with Crippen molar-refractivity contribution in [3.63, 3.8) is 0 Å². The Balaban J connectivity index is 2.85. The van der Waals surface area contributed by atoms with Gasteiger partial charge in [-0.15, -0.1) is 11.6 Å². The number of hydrogen-bond acceptors (Lipinski definition) is 1. The van der Waals surface area contributed by atoms with E-state index in [2.05, 4.69) is 27.1 Å². The van der Waals surface area contributed by atoms with Crippen molar-refractivity contribution in [1.29, 1.82) is 0 Å². The summed E-state index contributed by atoms with van der Waals surface area (Å²) in [5.41, 5.74) is 1.09. The van der Waals surface area contributed by atoms with Crippen molar-refractivity contribution >= 4 is 40.0 Å². The SMILES string of the molecule is ClCc1ccnn1PI.